The molecule has 0 spiro atoms. The van der Waals surface area contributed by atoms with Gasteiger partial charge in [0.15, 0.2) is 0 Å². The first kappa shape index (κ1) is 8.17. The predicted molar refractivity (Wildman–Crippen MR) is 57.3 cm³/mol. The molecular formula is C11H14N2. The van der Waals surface area contributed by atoms with E-state index in [-0.39, 0.29) is 0 Å². The summed E-state index contributed by atoms with van der Waals surface area (Å²) in [5.74, 6) is 0. The van der Waals surface area contributed by atoms with Crippen molar-refractivity contribution >= 4 is 16.6 Å². The molecule has 0 saturated heterocycles. The van der Waals surface area contributed by atoms with Crippen molar-refractivity contribution in [3.05, 3.63) is 29.5 Å². The van der Waals surface area contributed by atoms with Gasteiger partial charge in [0.2, 0.25) is 0 Å². The van der Waals surface area contributed by atoms with Gasteiger partial charge in [0, 0.05) is 29.8 Å². The molecule has 2 aromatic rings. The lowest BCUT2D eigenvalue weighted by Gasteiger charge is -2.07. The lowest BCUT2D eigenvalue weighted by atomic mass is 10.1. The number of nitrogens with one attached hydrogen (secondary N) is 2. The van der Waals surface area contributed by atoms with Crippen molar-refractivity contribution in [3.63, 3.8) is 0 Å². The SMILES string of the molecule is CNc1c(C)ccc2[nH]cc(C)c12. The minimum absolute atomic E-state index is 1.20. The zero-order valence-electron chi connectivity index (χ0n) is 8.23. The lowest BCUT2D eigenvalue weighted by Crippen LogP contribution is -1.92. The van der Waals surface area contributed by atoms with Crippen molar-refractivity contribution in [2.75, 3.05) is 12.4 Å². The van der Waals surface area contributed by atoms with E-state index in [1.54, 1.807) is 0 Å². The molecule has 0 saturated carbocycles. The van der Waals surface area contributed by atoms with E-state index in [1.807, 2.05) is 13.2 Å². The summed E-state index contributed by atoms with van der Waals surface area (Å²) in [6.45, 7) is 4.25. The van der Waals surface area contributed by atoms with E-state index >= 15 is 0 Å². The van der Waals surface area contributed by atoms with Crippen LogP contribution in [0.2, 0.25) is 0 Å². The second-order valence-corrected chi connectivity index (χ2v) is 3.40. The summed E-state index contributed by atoms with van der Waals surface area (Å²) in [5, 5.41) is 4.55. The number of fused-ring (bicyclic) bond motifs is 1. The molecule has 0 radical (unpaired) electrons. The first-order valence-corrected chi connectivity index (χ1v) is 4.49. The fraction of sp³-hybridized carbons (Fsp3) is 0.273. The Kier molecular flexibility index (Phi) is 1.76. The maximum Gasteiger partial charge on any atom is 0.0477 e. The van der Waals surface area contributed by atoms with Gasteiger partial charge in [0.25, 0.3) is 0 Å². The molecule has 2 rings (SSSR count). The molecule has 0 aliphatic carbocycles. The largest absolute Gasteiger partial charge is 0.387 e. The smallest absolute Gasteiger partial charge is 0.0477 e. The van der Waals surface area contributed by atoms with E-state index < -0.39 is 0 Å². The maximum absolute atomic E-state index is 3.25. The highest BCUT2D eigenvalue weighted by Gasteiger charge is 2.06. The molecule has 2 nitrogen and oxygen atoms in total. The zero-order valence-corrected chi connectivity index (χ0v) is 8.23. The average Bonchev–Trinajstić information content (AvgIpc) is 2.49. The third-order valence-electron chi connectivity index (χ3n) is 2.50. The quantitative estimate of drug-likeness (QED) is 0.683. The second kappa shape index (κ2) is 2.80. The van der Waals surface area contributed by atoms with Gasteiger partial charge < -0.3 is 10.3 Å². The van der Waals surface area contributed by atoms with Crippen LogP contribution in [0.5, 0.6) is 0 Å². The van der Waals surface area contributed by atoms with Gasteiger partial charge in [0.05, 0.1) is 0 Å². The fourth-order valence-corrected chi connectivity index (χ4v) is 1.82. The second-order valence-electron chi connectivity index (χ2n) is 3.40. The molecule has 2 N–H and O–H groups in total. The van der Waals surface area contributed by atoms with Crippen molar-refractivity contribution in [2.24, 2.45) is 0 Å². The summed E-state index contributed by atoms with van der Waals surface area (Å²) in [6.07, 6.45) is 2.05. The molecule has 1 aromatic heterocycles. The fourth-order valence-electron chi connectivity index (χ4n) is 1.82. The molecule has 1 heterocycles. The minimum Gasteiger partial charge on any atom is -0.387 e. The maximum atomic E-state index is 3.25. The van der Waals surface area contributed by atoms with Gasteiger partial charge in [-0.1, -0.05) is 6.07 Å². The number of anilines is 1. The van der Waals surface area contributed by atoms with Gasteiger partial charge in [-0.3, -0.25) is 0 Å². The van der Waals surface area contributed by atoms with Crippen molar-refractivity contribution < 1.29 is 0 Å². The summed E-state index contributed by atoms with van der Waals surface area (Å²) in [7, 11) is 1.97. The van der Waals surface area contributed by atoms with Crippen LogP contribution in [0.25, 0.3) is 10.9 Å². The molecule has 0 aliphatic rings. The van der Waals surface area contributed by atoms with E-state index in [0.29, 0.717) is 0 Å². The monoisotopic (exact) mass is 174 g/mol. The van der Waals surface area contributed by atoms with E-state index in [9.17, 15) is 0 Å². The molecule has 0 bridgehead atoms. The molecule has 1 aromatic carbocycles. The molecule has 0 fully saturated rings. The van der Waals surface area contributed by atoms with E-state index in [2.05, 4.69) is 36.3 Å². The van der Waals surface area contributed by atoms with Crippen LogP contribution in [0.15, 0.2) is 18.3 Å². The van der Waals surface area contributed by atoms with Crippen LogP contribution in [0, 0.1) is 13.8 Å². The first-order chi connectivity index (χ1) is 6.24. The zero-order chi connectivity index (χ0) is 9.42. The highest BCUT2D eigenvalue weighted by molar-refractivity contribution is 5.96. The number of H-pyrrole nitrogens is 1. The molecule has 68 valence electrons. The molecule has 0 unspecified atom stereocenters. The topological polar surface area (TPSA) is 27.8 Å². The van der Waals surface area contributed by atoms with Crippen LogP contribution in [0.1, 0.15) is 11.1 Å². The van der Waals surface area contributed by atoms with Gasteiger partial charge in [-0.25, -0.2) is 0 Å². The number of aromatic amines is 1. The van der Waals surface area contributed by atoms with Gasteiger partial charge in [-0.2, -0.15) is 0 Å². The Bertz CT molecular complexity index is 441. The van der Waals surface area contributed by atoms with E-state index in [1.165, 1.54) is 27.7 Å². The van der Waals surface area contributed by atoms with E-state index in [4.69, 9.17) is 0 Å². The first-order valence-electron chi connectivity index (χ1n) is 4.49. The van der Waals surface area contributed by atoms with Crippen molar-refractivity contribution in [2.45, 2.75) is 13.8 Å². The van der Waals surface area contributed by atoms with Crippen LogP contribution in [-0.4, -0.2) is 12.0 Å². The summed E-state index contributed by atoms with van der Waals surface area (Å²) >= 11 is 0. The van der Waals surface area contributed by atoms with Crippen LogP contribution < -0.4 is 5.32 Å². The molecule has 0 amide bonds. The Morgan fingerprint density at radius 2 is 1.92 bits per heavy atom. The summed E-state index contributed by atoms with van der Waals surface area (Å²) in [6, 6.07) is 4.25. The normalized spacial score (nSPS) is 10.7. The van der Waals surface area contributed by atoms with Crippen LogP contribution in [-0.2, 0) is 0 Å². The van der Waals surface area contributed by atoms with Gasteiger partial charge in [0.1, 0.15) is 0 Å². The predicted octanol–water partition coefficient (Wildman–Crippen LogP) is 2.83. The molecular weight excluding hydrogens is 160 g/mol. The van der Waals surface area contributed by atoms with Crippen molar-refractivity contribution in [1.82, 2.24) is 4.98 Å². The number of hydrogen-bond donors (Lipinski definition) is 2. The van der Waals surface area contributed by atoms with Crippen molar-refractivity contribution in [3.8, 4) is 0 Å². The van der Waals surface area contributed by atoms with E-state index in [0.717, 1.165) is 0 Å². The lowest BCUT2D eigenvalue weighted by molar-refractivity contribution is 1.42. The van der Waals surface area contributed by atoms with Crippen LogP contribution in [0.4, 0.5) is 5.69 Å². The summed E-state index contributed by atoms with van der Waals surface area (Å²) in [5.41, 5.74) is 5.02. The van der Waals surface area contributed by atoms with Gasteiger partial charge in [-0.05, 0) is 31.0 Å². The number of aryl methyl sites for hydroxylation is 2. The molecule has 13 heavy (non-hydrogen) atoms. The number of aromatic nitrogens is 1. The van der Waals surface area contributed by atoms with Gasteiger partial charge in [-0.15, -0.1) is 0 Å². The van der Waals surface area contributed by atoms with Crippen molar-refractivity contribution in [1.29, 1.82) is 0 Å². The Morgan fingerprint density at radius 3 is 2.62 bits per heavy atom. The number of benzene rings is 1. The Morgan fingerprint density at radius 1 is 1.15 bits per heavy atom. The Balaban J connectivity index is 2.88. The van der Waals surface area contributed by atoms with Crippen LogP contribution in [0.3, 0.4) is 0 Å². The highest BCUT2D eigenvalue weighted by Crippen LogP contribution is 2.28. The standard InChI is InChI=1S/C11H14N2/c1-7-4-5-9-10(11(7)12-3)8(2)6-13-9/h4-6,12-13H,1-3H3. The van der Waals surface area contributed by atoms with Crippen LogP contribution >= 0.6 is 0 Å². The Hall–Kier alpha value is -1.44. The molecule has 0 aliphatic heterocycles. The molecule has 2 heteroatoms. The van der Waals surface area contributed by atoms with Gasteiger partial charge >= 0.3 is 0 Å². The summed E-state index contributed by atoms with van der Waals surface area (Å²) in [4.78, 5) is 3.25. The highest BCUT2D eigenvalue weighted by atomic mass is 14.8. The summed E-state index contributed by atoms with van der Waals surface area (Å²) < 4.78 is 0. The third kappa shape index (κ3) is 1.10. The Labute approximate surface area is 78.0 Å². The average molecular weight is 174 g/mol. The molecule has 0 atom stereocenters. The number of rotatable bonds is 1. The third-order valence-corrected chi connectivity index (χ3v) is 2.50. The number of hydrogen-bond acceptors (Lipinski definition) is 1. The minimum atomic E-state index is 1.20.